The van der Waals surface area contributed by atoms with Crippen LogP contribution in [0.2, 0.25) is 39.3 Å². The van der Waals surface area contributed by atoms with E-state index in [9.17, 15) is 4.79 Å². The number of nitrogens with zero attached hydrogens (tertiary/aromatic N) is 1. The van der Waals surface area contributed by atoms with Crippen molar-refractivity contribution in [1.29, 1.82) is 0 Å². The maximum Gasteiger partial charge on any atom is 0.309 e. The van der Waals surface area contributed by atoms with Crippen LogP contribution >= 0.6 is 0 Å². The van der Waals surface area contributed by atoms with Crippen LogP contribution in [-0.2, 0) is 15.6 Å². The van der Waals surface area contributed by atoms with Gasteiger partial charge in [0, 0.05) is 18.3 Å². The summed E-state index contributed by atoms with van der Waals surface area (Å²) >= 11 is 0. The summed E-state index contributed by atoms with van der Waals surface area (Å²) in [6.45, 7) is 12.6. The summed E-state index contributed by atoms with van der Waals surface area (Å²) in [5.74, 6) is -0.142. The molecule has 0 saturated carbocycles. The summed E-state index contributed by atoms with van der Waals surface area (Å²) in [5.41, 5.74) is 0.947. The van der Waals surface area contributed by atoms with E-state index in [4.69, 9.17) is 4.43 Å². The average molecular weight is 300 g/mol. The normalized spacial score (nSPS) is 14.2. The number of hydrogen-bond donors (Lipinski definition) is 2. The topological polar surface area (TPSA) is 67.0 Å². The third-order valence-corrected chi connectivity index (χ3v) is 4.31. The molecule has 2 N–H and O–H groups in total. The highest BCUT2D eigenvalue weighted by Gasteiger charge is 2.30. The fourth-order valence-electron chi connectivity index (χ4n) is 1.71. The second kappa shape index (κ2) is 6.02. The fraction of sp³-hybridized carbons (Fsp3) is 0.667. The number of carbonyl (C=O) groups excluding carboxylic acids is 1. The van der Waals surface area contributed by atoms with Gasteiger partial charge in [-0.05, 0) is 19.6 Å². The second-order valence-electron chi connectivity index (χ2n) is 6.76. The minimum absolute atomic E-state index is 0.142. The van der Waals surface area contributed by atoms with Crippen molar-refractivity contribution in [3.63, 3.8) is 0 Å². The molecule has 0 aromatic carbocycles. The third-order valence-electron chi connectivity index (χ3n) is 2.28. The van der Waals surface area contributed by atoms with Crippen LogP contribution in [0.3, 0.4) is 0 Å². The first-order chi connectivity index (χ1) is 8.57. The van der Waals surface area contributed by atoms with E-state index in [0.717, 1.165) is 5.69 Å². The zero-order valence-corrected chi connectivity index (χ0v) is 14.7. The molecule has 1 aromatic heterocycles. The lowest BCUT2D eigenvalue weighted by molar-refractivity contribution is -0.137. The molecule has 0 spiro atoms. The molecule has 1 rings (SSSR count). The van der Waals surface area contributed by atoms with Gasteiger partial charge in [0.15, 0.2) is 0 Å². The molecule has 0 unspecified atom stereocenters. The van der Waals surface area contributed by atoms with E-state index in [2.05, 4.69) is 34.6 Å². The summed E-state index contributed by atoms with van der Waals surface area (Å²) in [7, 11) is -3.42. The minimum Gasteiger partial charge on any atom is -0.519 e. The van der Waals surface area contributed by atoms with E-state index in [-0.39, 0.29) is 12.0 Å². The molecule has 1 heterocycles. The number of imidazole rings is 1. The van der Waals surface area contributed by atoms with Crippen LogP contribution in [0.15, 0.2) is 12.5 Å². The molecule has 7 heteroatoms. The SMILES string of the molecule is C[Si](C)(C)N[C@@H](Cc1cnc[nH]1)C(=O)O[Si](C)(C)C. The van der Waals surface area contributed by atoms with Gasteiger partial charge in [0.2, 0.25) is 8.32 Å². The van der Waals surface area contributed by atoms with Crippen LogP contribution in [0.4, 0.5) is 0 Å². The fourth-order valence-corrected chi connectivity index (χ4v) is 3.72. The van der Waals surface area contributed by atoms with Gasteiger partial charge in [-0.15, -0.1) is 0 Å². The van der Waals surface area contributed by atoms with Gasteiger partial charge >= 0.3 is 5.97 Å². The predicted octanol–water partition coefficient (Wildman–Crippen LogP) is 2.12. The van der Waals surface area contributed by atoms with Gasteiger partial charge in [-0.25, -0.2) is 4.98 Å². The molecule has 0 saturated heterocycles. The summed E-state index contributed by atoms with van der Waals surface area (Å²) in [6.07, 6.45) is 3.97. The Morgan fingerprint density at radius 1 is 1.37 bits per heavy atom. The first-order valence-electron chi connectivity index (χ1n) is 6.55. The molecule has 0 aliphatic rings. The van der Waals surface area contributed by atoms with Gasteiger partial charge in [-0.1, -0.05) is 19.6 Å². The van der Waals surface area contributed by atoms with Crippen LogP contribution in [0.5, 0.6) is 0 Å². The van der Waals surface area contributed by atoms with Gasteiger partial charge in [0.05, 0.1) is 6.33 Å². The van der Waals surface area contributed by atoms with Gasteiger partial charge in [-0.2, -0.15) is 0 Å². The molecular formula is C12H25N3O2Si2. The summed E-state index contributed by atoms with van der Waals surface area (Å²) < 4.78 is 5.62. The number of aromatic amines is 1. The lowest BCUT2D eigenvalue weighted by Gasteiger charge is -2.28. The summed E-state index contributed by atoms with van der Waals surface area (Å²) in [4.78, 5) is 22.8. The van der Waals surface area contributed by atoms with Crippen LogP contribution in [0.25, 0.3) is 0 Å². The Morgan fingerprint density at radius 2 is 2.00 bits per heavy atom. The minimum atomic E-state index is -1.86. The number of hydrogen-bond acceptors (Lipinski definition) is 4. The number of H-pyrrole nitrogens is 1. The highest BCUT2D eigenvalue weighted by molar-refractivity contribution is 6.74. The van der Waals surface area contributed by atoms with Gasteiger partial charge in [0.25, 0.3) is 0 Å². The van der Waals surface area contributed by atoms with Crippen molar-refractivity contribution in [2.45, 2.75) is 51.7 Å². The lowest BCUT2D eigenvalue weighted by atomic mass is 10.2. The quantitative estimate of drug-likeness (QED) is 0.790. The van der Waals surface area contributed by atoms with Crippen LogP contribution in [-0.4, -0.2) is 38.5 Å². The monoisotopic (exact) mass is 299 g/mol. The van der Waals surface area contributed by atoms with Crippen molar-refractivity contribution in [3.05, 3.63) is 18.2 Å². The standard InChI is InChI=1S/C12H25N3O2Si2/c1-18(2,3)15-11(7-10-8-13-9-14-10)12(16)17-19(4,5)6/h8-9,11,15H,7H2,1-6H3,(H,13,14)/t11-/m0/s1. The van der Waals surface area contributed by atoms with Gasteiger partial charge in [-0.3, -0.25) is 4.79 Å². The summed E-state index contributed by atoms with van der Waals surface area (Å²) in [5, 5.41) is 0. The van der Waals surface area contributed by atoms with Crippen molar-refractivity contribution in [2.75, 3.05) is 0 Å². The van der Waals surface area contributed by atoms with Crippen LogP contribution < -0.4 is 4.98 Å². The molecule has 0 bridgehead atoms. The molecule has 1 atom stereocenters. The van der Waals surface area contributed by atoms with E-state index in [1.54, 1.807) is 12.5 Å². The lowest BCUT2D eigenvalue weighted by Crippen LogP contribution is -2.54. The molecule has 0 aliphatic carbocycles. The maximum absolute atomic E-state index is 12.3. The zero-order valence-electron chi connectivity index (χ0n) is 12.7. The van der Waals surface area contributed by atoms with Crippen LogP contribution in [0.1, 0.15) is 5.69 Å². The van der Waals surface area contributed by atoms with Crippen molar-refractivity contribution in [3.8, 4) is 0 Å². The smallest absolute Gasteiger partial charge is 0.309 e. The van der Waals surface area contributed by atoms with Crippen LogP contribution in [0, 0.1) is 0 Å². The van der Waals surface area contributed by atoms with E-state index in [1.807, 2.05) is 19.6 Å². The van der Waals surface area contributed by atoms with Crippen molar-refractivity contribution < 1.29 is 9.22 Å². The first-order valence-corrected chi connectivity index (χ1v) is 13.5. The van der Waals surface area contributed by atoms with Crippen molar-refractivity contribution >= 4 is 22.5 Å². The predicted molar refractivity (Wildman–Crippen MR) is 82.0 cm³/mol. The summed E-state index contributed by atoms with van der Waals surface area (Å²) in [6, 6.07) is -0.293. The molecule has 5 nitrogen and oxygen atoms in total. The van der Waals surface area contributed by atoms with E-state index < -0.39 is 16.6 Å². The Kier molecular flexibility index (Phi) is 5.11. The Balaban J connectivity index is 2.77. The molecule has 0 amide bonds. The number of aromatic nitrogens is 2. The maximum atomic E-state index is 12.3. The Morgan fingerprint density at radius 3 is 2.42 bits per heavy atom. The highest BCUT2D eigenvalue weighted by Crippen LogP contribution is 2.10. The van der Waals surface area contributed by atoms with E-state index in [0.29, 0.717) is 6.42 Å². The average Bonchev–Trinajstić information content (AvgIpc) is 2.64. The molecule has 19 heavy (non-hydrogen) atoms. The Labute approximate surface area is 117 Å². The van der Waals surface area contributed by atoms with E-state index >= 15 is 0 Å². The molecule has 0 fully saturated rings. The number of rotatable bonds is 6. The number of nitrogens with one attached hydrogen (secondary N) is 2. The third kappa shape index (κ3) is 6.69. The Hall–Kier alpha value is -0.926. The highest BCUT2D eigenvalue weighted by atomic mass is 28.4. The molecular weight excluding hydrogens is 274 g/mol. The molecule has 1 aromatic rings. The Bertz CT molecular complexity index is 408. The van der Waals surface area contributed by atoms with Crippen molar-refractivity contribution in [1.82, 2.24) is 15.0 Å². The van der Waals surface area contributed by atoms with Gasteiger partial charge < -0.3 is 14.4 Å². The molecule has 0 radical (unpaired) electrons. The molecule has 108 valence electrons. The largest absolute Gasteiger partial charge is 0.519 e. The van der Waals surface area contributed by atoms with E-state index in [1.165, 1.54) is 0 Å². The first kappa shape index (κ1) is 16.1. The van der Waals surface area contributed by atoms with Gasteiger partial charge in [0.1, 0.15) is 14.3 Å². The van der Waals surface area contributed by atoms with Crippen molar-refractivity contribution in [2.24, 2.45) is 0 Å². The zero-order chi connectivity index (χ0) is 14.7. The second-order valence-corrected chi connectivity index (χ2v) is 16.0. The number of carbonyl (C=O) groups is 1. The molecule has 0 aliphatic heterocycles.